The smallest absolute Gasteiger partial charge is 0.331 e. The number of carbonyl (C=O) groups is 2. The van der Waals surface area contributed by atoms with Crippen molar-refractivity contribution in [2.45, 2.75) is 52.9 Å². The molecule has 0 fully saturated rings. The van der Waals surface area contributed by atoms with E-state index in [-0.39, 0.29) is 18.1 Å². The Morgan fingerprint density at radius 1 is 1.08 bits per heavy atom. The van der Waals surface area contributed by atoms with Crippen LogP contribution in [-0.4, -0.2) is 37.2 Å². The maximum absolute atomic E-state index is 11.8. The Balaban J connectivity index is 2.71. The number of carbonyl (C=O) groups excluding carboxylic acids is 2. The molecule has 0 radical (unpaired) electrons. The first-order valence-corrected chi connectivity index (χ1v) is 8.26. The van der Waals surface area contributed by atoms with Crippen LogP contribution in [0, 0.1) is 0 Å². The average molecular weight is 349 g/mol. The Labute approximate surface area is 149 Å². The summed E-state index contributed by atoms with van der Waals surface area (Å²) in [5.74, 6) is 0.298. The molecular weight excluding hydrogens is 322 g/mol. The van der Waals surface area contributed by atoms with Crippen LogP contribution < -0.4 is 14.8 Å². The van der Waals surface area contributed by atoms with Crippen LogP contribution in [0.3, 0.4) is 0 Å². The molecule has 1 rings (SSSR count). The molecule has 25 heavy (non-hydrogen) atoms. The van der Waals surface area contributed by atoms with Gasteiger partial charge in [-0.25, -0.2) is 4.79 Å². The summed E-state index contributed by atoms with van der Waals surface area (Å²) >= 11 is 0. The van der Waals surface area contributed by atoms with Crippen molar-refractivity contribution in [3.63, 3.8) is 0 Å². The number of methoxy groups -OCH3 is 1. The van der Waals surface area contributed by atoms with Gasteiger partial charge >= 0.3 is 5.97 Å². The Kier molecular flexibility index (Phi) is 7.98. The van der Waals surface area contributed by atoms with Gasteiger partial charge in [0.15, 0.2) is 17.6 Å². The molecule has 0 saturated carbocycles. The third-order valence-electron chi connectivity index (χ3n) is 3.06. The zero-order chi connectivity index (χ0) is 19.0. The first kappa shape index (κ1) is 20.5. The molecule has 0 spiro atoms. The van der Waals surface area contributed by atoms with E-state index in [0.717, 1.165) is 5.56 Å². The highest BCUT2D eigenvalue weighted by atomic mass is 16.5. The van der Waals surface area contributed by atoms with Gasteiger partial charge in [0.1, 0.15) is 0 Å². The summed E-state index contributed by atoms with van der Waals surface area (Å²) in [6.45, 7) is 9.07. The molecule has 0 aliphatic carbocycles. The van der Waals surface area contributed by atoms with Crippen molar-refractivity contribution in [1.29, 1.82) is 0 Å². The molecule has 0 bridgehead atoms. The Morgan fingerprint density at radius 2 is 1.76 bits per heavy atom. The lowest BCUT2D eigenvalue weighted by molar-refractivity contribution is -0.150. The minimum Gasteiger partial charge on any atom is -0.493 e. The van der Waals surface area contributed by atoms with E-state index in [1.54, 1.807) is 31.4 Å². The van der Waals surface area contributed by atoms with Gasteiger partial charge in [0.05, 0.1) is 13.2 Å². The first-order valence-electron chi connectivity index (χ1n) is 8.26. The van der Waals surface area contributed by atoms with Gasteiger partial charge < -0.3 is 19.5 Å². The van der Waals surface area contributed by atoms with Crippen LogP contribution in [0.4, 0.5) is 0 Å². The molecule has 0 unspecified atom stereocenters. The molecule has 0 aliphatic rings. The molecule has 1 amide bonds. The molecule has 6 heteroatoms. The van der Waals surface area contributed by atoms with Gasteiger partial charge in [0.25, 0.3) is 5.91 Å². The fourth-order valence-electron chi connectivity index (χ4n) is 1.97. The lowest BCUT2D eigenvalue weighted by Crippen LogP contribution is -2.39. The largest absolute Gasteiger partial charge is 0.493 e. The van der Waals surface area contributed by atoms with Gasteiger partial charge in [0, 0.05) is 12.1 Å². The van der Waals surface area contributed by atoms with Gasteiger partial charge in [-0.2, -0.15) is 0 Å². The summed E-state index contributed by atoms with van der Waals surface area (Å²) in [6, 6.07) is 5.33. The van der Waals surface area contributed by atoms with E-state index < -0.39 is 12.1 Å². The van der Waals surface area contributed by atoms with Gasteiger partial charge in [-0.3, -0.25) is 4.79 Å². The van der Waals surface area contributed by atoms with Crippen molar-refractivity contribution in [2.75, 3.05) is 7.11 Å². The van der Waals surface area contributed by atoms with E-state index in [2.05, 4.69) is 5.32 Å². The predicted molar refractivity (Wildman–Crippen MR) is 96.6 cm³/mol. The van der Waals surface area contributed by atoms with Gasteiger partial charge in [-0.05, 0) is 58.4 Å². The molecule has 138 valence electrons. The third-order valence-corrected chi connectivity index (χ3v) is 3.06. The summed E-state index contributed by atoms with van der Waals surface area (Å²) in [6.07, 6.45) is 2.05. The summed E-state index contributed by atoms with van der Waals surface area (Å²) < 4.78 is 16.0. The molecule has 0 heterocycles. The summed E-state index contributed by atoms with van der Waals surface area (Å²) in [7, 11) is 1.55. The highest BCUT2D eigenvalue weighted by Gasteiger charge is 2.16. The number of ether oxygens (including phenoxy) is 3. The van der Waals surface area contributed by atoms with Crippen molar-refractivity contribution < 1.29 is 23.8 Å². The minimum absolute atomic E-state index is 0.0109. The third kappa shape index (κ3) is 7.28. The zero-order valence-electron chi connectivity index (χ0n) is 15.7. The molecule has 1 N–H and O–H groups in total. The molecule has 0 saturated heterocycles. The van der Waals surface area contributed by atoms with E-state index in [4.69, 9.17) is 14.2 Å². The number of amides is 1. The van der Waals surface area contributed by atoms with Crippen molar-refractivity contribution in [1.82, 2.24) is 5.32 Å². The minimum atomic E-state index is -0.851. The fourth-order valence-corrected chi connectivity index (χ4v) is 1.97. The van der Waals surface area contributed by atoms with Crippen LogP contribution in [0.2, 0.25) is 0 Å². The van der Waals surface area contributed by atoms with Crippen LogP contribution in [-0.2, 0) is 14.3 Å². The number of esters is 1. The van der Waals surface area contributed by atoms with E-state index in [1.165, 1.54) is 13.0 Å². The lowest BCUT2D eigenvalue weighted by atomic mass is 10.2. The van der Waals surface area contributed by atoms with Crippen molar-refractivity contribution >= 4 is 18.0 Å². The molecule has 0 aromatic heterocycles. The number of nitrogens with one attached hydrogen (secondary N) is 1. The Morgan fingerprint density at radius 3 is 2.32 bits per heavy atom. The molecule has 1 aromatic carbocycles. The summed E-state index contributed by atoms with van der Waals surface area (Å²) in [5.41, 5.74) is 0.754. The van der Waals surface area contributed by atoms with Gasteiger partial charge in [-0.15, -0.1) is 0 Å². The molecule has 1 atom stereocenters. The number of hydrogen-bond donors (Lipinski definition) is 1. The molecular formula is C19H27NO5. The second kappa shape index (κ2) is 9.71. The van der Waals surface area contributed by atoms with E-state index >= 15 is 0 Å². The summed E-state index contributed by atoms with van der Waals surface area (Å²) in [4.78, 5) is 23.6. The second-order valence-corrected chi connectivity index (χ2v) is 6.15. The first-order chi connectivity index (χ1) is 11.7. The predicted octanol–water partition coefficient (Wildman–Crippen LogP) is 2.95. The zero-order valence-corrected chi connectivity index (χ0v) is 15.7. The van der Waals surface area contributed by atoms with E-state index in [9.17, 15) is 9.59 Å². The van der Waals surface area contributed by atoms with Crippen LogP contribution in [0.25, 0.3) is 6.08 Å². The maximum atomic E-state index is 11.8. The quantitative estimate of drug-likeness (QED) is 0.577. The Bertz CT molecular complexity index is 622. The van der Waals surface area contributed by atoms with Crippen LogP contribution in [0.1, 0.15) is 40.2 Å². The Hall–Kier alpha value is -2.50. The number of benzene rings is 1. The molecule has 0 aliphatic heterocycles. The standard InChI is InChI=1S/C19H27NO5/c1-12(2)20-19(22)14(5)25-18(21)10-8-15-7-9-16(24-13(3)4)17(11-15)23-6/h7-14H,1-6H3,(H,20,22)/b10-8+/t14-/m1/s1. The van der Waals surface area contributed by atoms with Crippen LogP contribution in [0.15, 0.2) is 24.3 Å². The van der Waals surface area contributed by atoms with Crippen molar-refractivity contribution in [2.24, 2.45) is 0 Å². The molecule has 1 aromatic rings. The topological polar surface area (TPSA) is 73.9 Å². The fraction of sp³-hybridized carbons (Fsp3) is 0.474. The van der Waals surface area contributed by atoms with Gasteiger partial charge in [-0.1, -0.05) is 6.07 Å². The maximum Gasteiger partial charge on any atom is 0.331 e. The van der Waals surface area contributed by atoms with Crippen molar-refractivity contribution in [3.05, 3.63) is 29.8 Å². The lowest BCUT2D eigenvalue weighted by Gasteiger charge is -2.14. The number of hydrogen-bond acceptors (Lipinski definition) is 5. The molecule has 6 nitrogen and oxygen atoms in total. The SMILES string of the molecule is COc1cc(/C=C/C(=O)O[C@H](C)C(=O)NC(C)C)ccc1OC(C)C. The van der Waals surface area contributed by atoms with E-state index in [0.29, 0.717) is 11.5 Å². The van der Waals surface area contributed by atoms with E-state index in [1.807, 2.05) is 27.7 Å². The highest BCUT2D eigenvalue weighted by Crippen LogP contribution is 2.29. The van der Waals surface area contributed by atoms with Crippen LogP contribution in [0.5, 0.6) is 11.5 Å². The number of rotatable bonds is 8. The normalized spacial score (nSPS) is 12.3. The van der Waals surface area contributed by atoms with Crippen molar-refractivity contribution in [3.8, 4) is 11.5 Å². The van der Waals surface area contributed by atoms with Crippen LogP contribution >= 0.6 is 0 Å². The average Bonchev–Trinajstić information content (AvgIpc) is 2.52. The second-order valence-electron chi connectivity index (χ2n) is 6.15. The summed E-state index contributed by atoms with van der Waals surface area (Å²) in [5, 5.41) is 2.69. The monoisotopic (exact) mass is 349 g/mol. The highest BCUT2D eigenvalue weighted by molar-refractivity contribution is 5.90. The van der Waals surface area contributed by atoms with Gasteiger partial charge in [0.2, 0.25) is 0 Å².